The number of ether oxygens (including phenoxy) is 3. The van der Waals surface area contributed by atoms with E-state index in [1.165, 1.54) is 148 Å². The van der Waals surface area contributed by atoms with Crippen LogP contribution in [0.3, 0.4) is 0 Å². The maximum atomic E-state index is 12.7. The number of hydrogen-bond donors (Lipinski definition) is 0. The molecule has 0 aliphatic carbocycles. The van der Waals surface area contributed by atoms with Crippen molar-refractivity contribution < 1.29 is 28.6 Å². The van der Waals surface area contributed by atoms with Gasteiger partial charge in [0.25, 0.3) is 0 Å². The highest BCUT2D eigenvalue weighted by Gasteiger charge is 2.19. The summed E-state index contributed by atoms with van der Waals surface area (Å²) in [5, 5.41) is 0. The van der Waals surface area contributed by atoms with Crippen LogP contribution in [0.5, 0.6) is 0 Å². The van der Waals surface area contributed by atoms with Crippen LogP contribution >= 0.6 is 0 Å². The second-order valence-corrected chi connectivity index (χ2v) is 18.5. The van der Waals surface area contributed by atoms with Crippen molar-refractivity contribution in [1.29, 1.82) is 0 Å². The average molecular weight is 793 g/mol. The van der Waals surface area contributed by atoms with Crippen molar-refractivity contribution in [3.8, 4) is 0 Å². The minimum Gasteiger partial charge on any atom is -0.462 e. The van der Waals surface area contributed by atoms with Crippen LogP contribution in [0.4, 0.5) is 0 Å². The summed E-state index contributed by atoms with van der Waals surface area (Å²) in [7, 11) is 0. The lowest BCUT2D eigenvalue weighted by Gasteiger charge is -2.18. The predicted molar refractivity (Wildman–Crippen MR) is 238 cm³/mol. The topological polar surface area (TPSA) is 78.9 Å². The molecule has 0 aromatic rings. The largest absolute Gasteiger partial charge is 0.462 e. The molecule has 1 atom stereocenters. The highest BCUT2D eigenvalue weighted by Crippen LogP contribution is 2.17. The lowest BCUT2D eigenvalue weighted by molar-refractivity contribution is -0.167. The molecule has 332 valence electrons. The molecule has 0 spiro atoms. The van der Waals surface area contributed by atoms with Gasteiger partial charge in [-0.25, -0.2) is 0 Å². The first kappa shape index (κ1) is 54.4. The smallest absolute Gasteiger partial charge is 0.306 e. The summed E-state index contributed by atoms with van der Waals surface area (Å²) in [5.41, 5.74) is 0. The molecule has 6 heteroatoms. The molecule has 56 heavy (non-hydrogen) atoms. The lowest BCUT2D eigenvalue weighted by atomic mass is 10.0. The van der Waals surface area contributed by atoms with Gasteiger partial charge in [-0.15, -0.1) is 0 Å². The molecule has 0 N–H and O–H groups in total. The third-order valence-corrected chi connectivity index (χ3v) is 11.1. The van der Waals surface area contributed by atoms with Crippen molar-refractivity contribution >= 4 is 17.9 Å². The molecule has 0 heterocycles. The van der Waals surface area contributed by atoms with E-state index >= 15 is 0 Å². The minimum absolute atomic E-state index is 0.0661. The van der Waals surface area contributed by atoms with E-state index in [-0.39, 0.29) is 31.1 Å². The second kappa shape index (κ2) is 41.6. The number of unbranched alkanes of at least 4 members (excludes halogenated alkanes) is 26. The molecule has 0 unspecified atom stereocenters. The molecule has 0 saturated carbocycles. The van der Waals surface area contributed by atoms with Gasteiger partial charge in [0.15, 0.2) is 6.10 Å². The molecule has 0 aromatic carbocycles. The van der Waals surface area contributed by atoms with Crippen molar-refractivity contribution in [2.24, 2.45) is 17.8 Å². The predicted octanol–water partition coefficient (Wildman–Crippen LogP) is 15.6. The second-order valence-electron chi connectivity index (χ2n) is 18.5. The number of esters is 3. The molecule has 0 rings (SSSR count). The third kappa shape index (κ3) is 43.5. The van der Waals surface area contributed by atoms with E-state index in [4.69, 9.17) is 14.2 Å². The fraction of sp³-hybridized carbons (Fsp3) is 0.940. The fourth-order valence-corrected chi connectivity index (χ4v) is 7.41. The van der Waals surface area contributed by atoms with E-state index in [0.29, 0.717) is 19.3 Å². The molecule has 0 fully saturated rings. The van der Waals surface area contributed by atoms with E-state index in [1.807, 2.05) is 0 Å². The Kier molecular flexibility index (Phi) is 40.4. The van der Waals surface area contributed by atoms with E-state index < -0.39 is 6.10 Å². The van der Waals surface area contributed by atoms with Gasteiger partial charge in [-0.3, -0.25) is 14.4 Å². The SMILES string of the molecule is CC(C)CCCCCCCCCCCCCCC(=O)OC[C@H](COC(=O)CCCCCCCCCCCCCC(C)C)OC(=O)CCCCCCCCC(C)C. The van der Waals surface area contributed by atoms with Gasteiger partial charge in [-0.05, 0) is 37.0 Å². The van der Waals surface area contributed by atoms with Crippen molar-refractivity contribution in [2.75, 3.05) is 13.2 Å². The molecular weight excluding hydrogens is 697 g/mol. The first-order valence-corrected chi connectivity index (χ1v) is 24.6. The molecular formula is C50H96O6. The highest BCUT2D eigenvalue weighted by molar-refractivity contribution is 5.71. The van der Waals surface area contributed by atoms with E-state index in [9.17, 15) is 14.4 Å². The van der Waals surface area contributed by atoms with Gasteiger partial charge in [0.05, 0.1) is 0 Å². The summed E-state index contributed by atoms with van der Waals surface area (Å²) in [6.07, 6.45) is 39.6. The number of carbonyl (C=O) groups excluding carboxylic acids is 3. The van der Waals surface area contributed by atoms with Gasteiger partial charge in [0.1, 0.15) is 13.2 Å². The Morgan fingerprint density at radius 2 is 0.518 bits per heavy atom. The van der Waals surface area contributed by atoms with E-state index in [2.05, 4.69) is 41.5 Å². The quantitative estimate of drug-likeness (QED) is 0.0348. The zero-order valence-electron chi connectivity index (χ0n) is 38.4. The molecule has 0 aliphatic rings. The van der Waals surface area contributed by atoms with Gasteiger partial charge in [0, 0.05) is 19.3 Å². The zero-order chi connectivity index (χ0) is 41.3. The third-order valence-electron chi connectivity index (χ3n) is 11.1. The van der Waals surface area contributed by atoms with Gasteiger partial charge in [-0.2, -0.15) is 0 Å². The van der Waals surface area contributed by atoms with Crippen LogP contribution in [0.15, 0.2) is 0 Å². The Labute approximate surface area is 348 Å². The van der Waals surface area contributed by atoms with Crippen LogP contribution in [0.1, 0.15) is 266 Å². The average Bonchev–Trinajstić information content (AvgIpc) is 3.15. The van der Waals surface area contributed by atoms with Gasteiger partial charge in [-0.1, -0.05) is 228 Å². The molecule has 0 aliphatic heterocycles. The molecule has 0 radical (unpaired) electrons. The van der Waals surface area contributed by atoms with Crippen LogP contribution < -0.4 is 0 Å². The molecule has 0 aromatic heterocycles. The van der Waals surface area contributed by atoms with Crippen LogP contribution in [0, 0.1) is 17.8 Å². The van der Waals surface area contributed by atoms with Crippen molar-refractivity contribution in [1.82, 2.24) is 0 Å². The van der Waals surface area contributed by atoms with Crippen LogP contribution in [0.2, 0.25) is 0 Å². The zero-order valence-corrected chi connectivity index (χ0v) is 38.4. The Morgan fingerprint density at radius 1 is 0.304 bits per heavy atom. The van der Waals surface area contributed by atoms with Crippen LogP contribution in [0.25, 0.3) is 0 Å². The number of rotatable bonds is 43. The van der Waals surface area contributed by atoms with Crippen molar-refractivity contribution in [2.45, 2.75) is 272 Å². The summed E-state index contributed by atoms with van der Waals surface area (Å²) in [6.45, 7) is 13.6. The summed E-state index contributed by atoms with van der Waals surface area (Å²) in [4.78, 5) is 37.8. The van der Waals surface area contributed by atoms with Gasteiger partial charge in [0.2, 0.25) is 0 Å². The fourth-order valence-electron chi connectivity index (χ4n) is 7.41. The highest BCUT2D eigenvalue weighted by atomic mass is 16.6. The molecule has 0 bridgehead atoms. The summed E-state index contributed by atoms with van der Waals surface area (Å²) < 4.78 is 16.7. The Bertz CT molecular complexity index is 868. The normalized spacial score (nSPS) is 12.2. The first-order chi connectivity index (χ1) is 27.1. The van der Waals surface area contributed by atoms with E-state index in [0.717, 1.165) is 75.5 Å². The first-order valence-electron chi connectivity index (χ1n) is 24.6. The Hall–Kier alpha value is -1.59. The summed E-state index contributed by atoms with van der Waals surface area (Å²) in [5.74, 6) is 1.56. The maximum absolute atomic E-state index is 12.7. The summed E-state index contributed by atoms with van der Waals surface area (Å²) >= 11 is 0. The summed E-state index contributed by atoms with van der Waals surface area (Å²) in [6, 6.07) is 0. The standard InChI is InChI=1S/C50H96O6/c1-44(2)36-30-24-18-14-10-7-8-12-16-20-27-33-39-48(51)54-42-47(56-50(53)41-35-29-23-22-26-32-38-46(5)6)43-55-49(52)40-34-28-21-17-13-9-11-15-19-25-31-37-45(3)4/h44-47H,7-43H2,1-6H3/t47-/m1/s1. The Balaban J connectivity index is 4.27. The lowest BCUT2D eigenvalue weighted by Crippen LogP contribution is -2.30. The Morgan fingerprint density at radius 3 is 0.768 bits per heavy atom. The van der Waals surface area contributed by atoms with Crippen LogP contribution in [-0.2, 0) is 28.6 Å². The number of hydrogen-bond acceptors (Lipinski definition) is 6. The van der Waals surface area contributed by atoms with Crippen molar-refractivity contribution in [3.63, 3.8) is 0 Å². The van der Waals surface area contributed by atoms with E-state index in [1.54, 1.807) is 0 Å². The molecule has 0 amide bonds. The van der Waals surface area contributed by atoms with Gasteiger partial charge >= 0.3 is 17.9 Å². The van der Waals surface area contributed by atoms with Crippen molar-refractivity contribution in [3.05, 3.63) is 0 Å². The minimum atomic E-state index is -0.762. The van der Waals surface area contributed by atoms with Gasteiger partial charge < -0.3 is 14.2 Å². The molecule has 0 saturated heterocycles. The number of carbonyl (C=O) groups is 3. The monoisotopic (exact) mass is 793 g/mol. The maximum Gasteiger partial charge on any atom is 0.306 e. The van der Waals surface area contributed by atoms with Crippen LogP contribution in [-0.4, -0.2) is 37.2 Å². The molecule has 6 nitrogen and oxygen atoms in total.